The van der Waals surface area contributed by atoms with Gasteiger partial charge in [0.1, 0.15) is 16.2 Å². The van der Waals surface area contributed by atoms with Crippen molar-refractivity contribution in [3.8, 4) is 0 Å². The lowest BCUT2D eigenvalue weighted by Crippen LogP contribution is -2.06. The first-order valence-corrected chi connectivity index (χ1v) is 7.06. The Morgan fingerprint density at radius 3 is 3.12 bits per heavy atom. The molecule has 0 saturated heterocycles. The number of thiophene rings is 1. The lowest BCUT2D eigenvalue weighted by molar-refractivity contribution is -0.139. The highest BCUT2D eigenvalue weighted by molar-refractivity contribution is 8.00. The van der Waals surface area contributed by atoms with Crippen molar-refractivity contribution in [3.05, 3.63) is 17.3 Å². The van der Waals surface area contributed by atoms with Crippen molar-refractivity contribution in [2.45, 2.75) is 18.9 Å². The van der Waals surface area contributed by atoms with Gasteiger partial charge < -0.3 is 4.74 Å². The molecule has 4 nitrogen and oxygen atoms in total. The fraction of sp³-hybridized carbons (Fsp3) is 0.364. The summed E-state index contributed by atoms with van der Waals surface area (Å²) in [6.45, 7) is 4.24. The van der Waals surface area contributed by atoms with Crippen molar-refractivity contribution < 1.29 is 9.53 Å². The van der Waals surface area contributed by atoms with E-state index in [4.69, 9.17) is 4.74 Å². The third kappa shape index (κ3) is 2.76. The van der Waals surface area contributed by atoms with Crippen molar-refractivity contribution in [1.29, 1.82) is 0 Å². The predicted molar refractivity (Wildman–Crippen MR) is 69.5 cm³/mol. The van der Waals surface area contributed by atoms with Gasteiger partial charge in [0.05, 0.1) is 12.4 Å². The molecule has 0 amide bonds. The van der Waals surface area contributed by atoms with E-state index in [1.54, 1.807) is 18.3 Å². The van der Waals surface area contributed by atoms with E-state index < -0.39 is 0 Å². The van der Waals surface area contributed by atoms with Crippen LogP contribution in [0.3, 0.4) is 0 Å². The van der Waals surface area contributed by atoms with Gasteiger partial charge in [-0.25, -0.2) is 9.97 Å². The predicted octanol–water partition coefficient (Wildman–Crippen LogP) is 2.65. The lowest BCUT2D eigenvalue weighted by atomic mass is 10.3. The monoisotopic (exact) mass is 268 g/mol. The number of hydrogen-bond acceptors (Lipinski definition) is 6. The Hall–Kier alpha value is -1.14. The standard InChI is InChI=1S/C11H12N2O2S2/c1-3-15-8(14)5-17-11-9-7(2)4-16-10(9)12-6-13-11/h4,6H,3,5H2,1-2H3. The molecule has 0 N–H and O–H groups in total. The summed E-state index contributed by atoms with van der Waals surface area (Å²) in [5.41, 5.74) is 1.15. The maximum Gasteiger partial charge on any atom is 0.316 e. The molecular formula is C11H12N2O2S2. The number of fused-ring (bicyclic) bond motifs is 1. The molecule has 2 aromatic rings. The van der Waals surface area contributed by atoms with E-state index in [1.807, 2.05) is 12.3 Å². The second-order valence-corrected chi connectivity index (χ2v) is 5.19. The minimum atomic E-state index is -0.211. The zero-order chi connectivity index (χ0) is 12.3. The van der Waals surface area contributed by atoms with Gasteiger partial charge in [-0.2, -0.15) is 0 Å². The fourth-order valence-electron chi connectivity index (χ4n) is 1.42. The molecular weight excluding hydrogens is 256 g/mol. The molecule has 0 aromatic carbocycles. The number of aromatic nitrogens is 2. The van der Waals surface area contributed by atoms with Crippen LogP contribution in [0.4, 0.5) is 0 Å². The van der Waals surface area contributed by atoms with Gasteiger partial charge in [-0.3, -0.25) is 4.79 Å². The number of rotatable bonds is 4. The van der Waals surface area contributed by atoms with Gasteiger partial charge in [-0.15, -0.1) is 11.3 Å². The first kappa shape index (κ1) is 12.3. The summed E-state index contributed by atoms with van der Waals surface area (Å²) in [5.74, 6) is 0.0760. The molecule has 0 aliphatic heterocycles. The summed E-state index contributed by atoms with van der Waals surface area (Å²) in [6, 6.07) is 0. The second-order valence-electron chi connectivity index (χ2n) is 3.37. The highest BCUT2D eigenvalue weighted by Crippen LogP contribution is 2.31. The van der Waals surface area contributed by atoms with Gasteiger partial charge in [-0.05, 0) is 24.8 Å². The summed E-state index contributed by atoms with van der Waals surface area (Å²) in [5, 5.41) is 3.95. The molecule has 0 aliphatic carbocycles. The van der Waals surface area contributed by atoms with Gasteiger partial charge in [-0.1, -0.05) is 11.8 Å². The molecule has 0 bridgehead atoms. The van der Waals surface area contributed by atoms with Crippen LogP contribution in [0.5, 0.6) is 0 Å². The Morgan fingerprint density at radius 1 is 1.53 bits per heavy atom. The number of carbonyl (C=O) groups is 1. The van der Waals surface area contributed by atoms with E-state index >= 15 is 0 Å². The summed E-state index contributed by atoms with van der Waals surface area (Å²) in [6.07, 6.45) is 1.53. The topological polar surface area (TPSA) is 52.1 Å². The number of ether oxygens (including phenoxy) is 1. The normalized spacial score (nSPS) is 10.7. The molecule has 0 unspecified atom stereocenters. The number of aryl methyl sites for hydroxylation is 1. The second kappa shape index (κ2) is 5.46. The number of nitrogens with zero attached hydrogens (tertiary/aromatic N) is 2. The third-order valence-corrected chi connectivity index (χ3v) is 4.12. The van der Waals surface area contributed by atoms with Crippen LogP contribution in [0.25, 0.3) is 10.2 Å². The largest absolute Gasteiger partial charge is 0.465 e. The van der Waals surface area contributed by atoms with E-state index in [2.05, 4.69) is 9.97 Å². The first-order chi connectivity index (χ1) is 8.22. The molecule has 0 spiro atoms. The van der Waals surface area contributed by atoms with Crippen LogP contribution in [0.1, 0.15) is 12.5 Å². The van der Waals surface area contributed by atoms with E-state index in [9.17, 15) is 4.79 Å². The fourth-order valence-corrected chi connectivity index (χ4v) is 3.24. The molecule has 0 aliphatic rings. The number of thioether (sulfide) groups is 1. The van der Waals surface area contributed by atoms with Crippen LogP contribution in [-0.4, -0.2) is 28.3 Å². The molecule has 17 heavy (non-hydrogen) atoms. The van der Waals surface area contributed by atoms with Crippen molar-refractivity contribution in [2.75, 3.05) is 12.4 Å². The Balaban J connectivity index is 2.18. The molecule has 2 aromatic heterocycles. The zero-order valence-electron chi connectivity index (χ0n) is 9.60. The van der Waals surface area contributed by atoms with Crippen molar-refractivity contribution in [3.63, 3.8) is 0 Å². The van der Waals surface area contributed by atoms with Crippen LogP contribution >= 0.6 is 23.1 Å². The van der Waals surface area contributed by atoms with Crippen molar-refractivity contribution in [1.82, 2.24) is 9.97 Å². The smallest absolute Gasteiger partial charge is 0.316 e. The summed E-state index contributed by atoms with van der Waals surface area (Å²) in [4.78, 5) is 20.7. The molecule has 6 heteroatoms. The lowest BCUT2D eigenvalue weighted by Gasteiger charge is -2.03. The Bertz CT molecular complexity index is 539. The minimum Gasteiger partial charge on any atom is -0.465 e. The highest BCUT2D eigenvalue weighted by atomic mass is 32.2. The molecule has 0 radical (unpaired) electrons. The number of esters is 1. The van der Waals surface area contributed by atoms with Gasteiger partial charge in [0.25, 0.3) is 0 Å². The number of carbonyl (C=O) groups excluding carboxylic acids is 1. The van der Waals surface area contributed by atoms with E-state index in [-0.39, 0.29) is 11.7 Å². The van der Waals surface area contributed by atoms with E-state index in [1.165, 1.54) is 18.1 Å². The summed E-state index contributed by atoms with van der Waals surface area (Å²) >= 11 is 2.99. The van der Waals surface area contributed by atoms with E-state index in [0.29, 0.717) is 6.61 Å². The average Bonchev–Trinajstić information content (AvgIpc) is 2.70. The maximum atomic E-state index is 11.3. The Labute approximate surface area is 107 Å². The first-order valence-electron chi connectivity index (χ1n) is 5.19. The molecule has 0 atom stereocenters. The van der Waals surface area contributed by atoms with Gasteiger partial charge >= 0.3 is 5.97 Å². The van der Waals surface area contributed by atoms with Gasteiger partial charge in [0, 0.05) is 5.39 Å². The van der Waals surface area contributed by atoms with Crippen molar-refractivity contribution in [2.24, 2.45) is 0 Å². The third-order valence-electron chi connectivity index (χ3n) is 2.15. The van der Waals surface area contributed by atoms with Crippen LogP contribution in [-0.2, 0) is 9.53 Å². The van der Waals surface area contributed by atoms with Crippen LogP contribution in [0.2, 0.25) is 0 Å². The molecule has 2 rings (SSSR count). The zero-order valence-corrected chi connectivity index (χ0v) is 11.2. The van der Waals surface area contributed by atoms with Crippen LogP contribution < -0.4 is 0 Å². The molecule has 90 valence electrons. The summed E-state index contributed by atoms with van der Waals surface area (Å²) < 4.78 is 4.89. The average molecular weight is 268 g/mol. The molecule has 0 fully saturated rings. The Kier molecular flexibility index (Phi) is 3.96. The molecule has 0 saturated carbocycles. The Morgan fingerprint density at radius 2 is 2.35 bits per heavy atom. The highest BCUT2D eigenvalue weighted by Gasteiger charge is 2.11. The maximum absolute atomic E-state index is 11.3. The van der Waals surface area contributed by atoms with Crippen LogP contribution in [0, 0.1) is 6.92 Å². The van der Waals surface area contributed by atoms with Gasteiger partial charge in [0.15, 0.2) is 0 Å². The van der Waals surface area contributed by atoms with E-state index in [0.717, 1.165) is 20.8 Å². The van der Waals surface area contributed by atoms with Crippen LogP contribution in [0.15, 0.2) is 16.7 Å². The van der Waals surface area contributed by atoms with Crippen molar-refractivity contribution >= 4 is 39.3 Å². The summed E-state index contributed by atoms with van der Waals surface area (Å²) in [7, 11) is 0. The van der Waals surface area contributed by atoms with Gasteiger partial charge in [0.2, 0.25) is 0 Å². The SMILES string of the molecule is CCOC(=O)CSc1ncnc2scc(C)c12. The quantitative estimate of drug-likeness (QED) is 0.485. The molecule has 2 heterocycles. The minimum absolute atomic E-state index is 0.211. The number of hydrogen-bond donors (Lipinski definition) is 0.